The SMILES string of the molecule is COc1cccc(C2=Cc3ccccc3C23CCC(Nc2cccc(Cl)c2)(C(=O)O)CC3)c1Cl. The van der Waals surface area contributed by atoms with Crippen molar-refractivity contribution in [2.45, 2.75) is 36.6 Å². The highest BCUT2D eigenvalue weighted by atomic mass is 35.5. The van der Waals surface area contributed by atoms with Crippen LogP contribution in [-0.4, -0.2) is 23.7 Å². The van der Waals surface area contributed by atoms with Crippen LogP contribution in [-0.2, 0) is 10.2 Å². The number of nitrogens with one attached hydrogen (secondary N) is 1. The van der Waals surface area contributed by atoms with Gasteiger partial charge in [0.2, 0.25) is 0 Å². The minimum Gasteiger partial charge on any atom is -0.495 e. The molecule has 0 heterocycles. The number of methoxy groups -OCH3 is 1. The fourth-order valence-corrected chi connectivity index (χ4v) is 6.08. The van der Waals surface area contributed by atoms with Gasteiger partial charge < -0.3 is 15.2 Å². The molecule has 0 amide bonds. The van der Waals surface area contributed by atoms with E-state index >= 15 is 0 Å². The number of rotatable bonds is 5. The van der Waals surface area contributed by atoms with Crippen LogP contribution in [0.15, 0.2) is 66.7 Å². The summed E-state index contributed by atoms with van der Waals surface area (Å²) in [6.07, 6.45) is 4.46. The van der Waals surface area contributed by atoms with Gasteiger partial charge in [0.25, 0.3) is 0 Å². The molecule has 3 aromatic carbocycles. The standard InChI is InChI=1S/C28H25Cl2NO3/c1-34-24-11-5-9-21(25(24)30)23-16-18-6-2-3-10-22(18)27(23)12-14-28(15-13-27,26(32)33)31-20-8-4-7-19(29)17-20/h2-11,16-17,31H,12-15H2,1H3,(H,32,33). The average molecular weight is 494 g/mol. The summed E-state index contributed by atoms with van der Waals surface area (Å²) < 4.78 is 5.48. The molecular formula is C28H25Cl2NO3. The molecule has 0 saturated heterocycles. The molecule has 0 aliphatic heterocycles. The Kier molecular flexibility index (Phi) is 5.83. The van der Waals surface area contributed by atoms with Crippen LogP contribution in [0, 0.1) is 0 Å². The minimum absolute atomic E-state index is 0.318. The molecule has 0 aromatic heterocycles. The van der Waals surface area contributed by atoms with E-state index in [2.05, 4.69) is 23.5 Å². The summed E-state index contributed by atoms with van der Waals surface area (Å²) in [6, 6.07) is 21.4. The lowest BCUT2D eigenvalue weighted by Crippen LogP contribution is -2.52. The number of benzene rings is 3. The van der Waals surface area contributed by atoms with E-state index in [0.717, 1.165) is 16.7 Å². The first-order valence-electron chi connectivity index (χ1n) is 11.3. The molecule has 0 radical (unpaired) electrons. The summed E-state index contributed by atoms with van der Waals surface area (Å²) in [5, 5.41) is 14.7. The fourth-order valence-electron chi connectivity index (χ4n) is 5.59. The van der Waals surface area contributed by atoms with Crippen molar-refractivity contribution in [1.82, 2.24) is 0 Å². The summed E-state index contributed by atoms with van der Waals surface area (Å²) in [5.41, 5.74) is 3.76. The largest absolute Gasteiger partial charge is 0.495 e. The third kappa shape index (κ3) is 3.66. The maximum absolute atomic E-state index is 12.6. The van der Waals surface area contributed by atoms with Crippen molar-refractivity contribution < 1.29 is 14.6 Å². The Bertz CT molecular complexity index is 1290. The van der Waals surface area contributed by atoms with Crippen molar-refractivity contribution in [2.24, 2.45) is 0 Å². The Balaban J connectivity index is 1.55. The summed E-state index contributed by atoms with van der Waals surface area (Å²) >= 11 is 12.9. The number of anilines is 1. The number of carboxylic acid groups (broad SMARTS) is 1. The highest BCUT2D eigenvalue weighted by molar-refractivity contribution is 6.34. The number of halogens is 2. The molecule has 0 atom stereocenters. The zero-order valence-electron chi connectivity index (χ0n) is 18.8. The second-order valence-corrected chi connectivity index (χ2v) is 9.89. The Morgan fingerprint density at radius 3 is 2.41 bits per heavy atom. The van der Waals surface area contributed by atoms with Crippen molar-refractivity contribution in [3.63, 3.8) is 0 Å². The molecule has 2 aliphatic rings. The molecule has 2 N–H and O–H groups in total. The Hall–Kier alpha value is -2.95. The molecule has 174 valence electrons. The summed E-state index contributed by atoms with van der Waals surface area (Å²) in [4.78, 5) is 12.6. The molecule has 1 saturated carbocycles. The molecule has 1 fully saturated rings. The maximum atomic E-state index is 12.6. The molecule has 6 heteroatoms. The van der Waals surface area contributed by atoms with Crippen molar-refractivity contribution >= 4 is 46.5 Å². The van der Waals surface area contributed by atoms with Gasteiger partial charge in [0.05, 0.1) is 12.1 Å². The summed E-state index contributed by atoms with van der Waals surface area (Å²) in [7, 11) is 1.61. The van der Waals surface area contributed by atoms with Crippen molar-refractivity contribution in [3.8, 4) is 5.75 Å². The van der Waals surface area contributed by atoms with Crippen molar-refractivity contribution in [3.05, 3.63) is 93.5 Å². The number of allylic oxidation sites excluding steroid dienone is 1. The van der Waals surface area contributed by atoms with Crippen LogP contribution in [0.1, 0.15) is 42.4 Å². The monoisotopic (exact) mass is 493 g/mol. The molecule has 34 heavy (non-hydrogen) atoms. The molecule has 3 aromatic rings. The van der Waals surface area contributed by atoms with Gasteiger partial charge in [0.1, 0.15) is 11.3 Å². The van der Waals surface area contributed by atoms with Crippen LogP contribution < -0.4 is 10.1 Å². The maximum Gasteiger partial charge on any atom is 0.329 e. The quantitative estimate of drug-likeness (QED) is 0.391. The topological polar surface area (TPSA) is 58.6 Å². The number of fused-ring (bicyclic) bond motifs is 2. The zero-order chi connectivity index (χ0) is 23.9. The van der Waals surface area contributed by atoms with E-state index in [4.69, 9.17) is 27.9 Å². The fraction of sp³-hybridized carbons (Fsp3) is 0.250. The highest BCUT2D eigenvalue weighted by Gasteiger charge is 2.52. The molecule has 0 bridgehead atoms. The lowest BCUT2D eigenvalue weighted by atomic mass is 9.61. The van der Waals surface area contributed by atoms with Crippen LogP contribution >= 0.6 is 23.2 Å². The van der Waals surface area contributed by atoms with E-state index in [9.17, 15) is 9.90 Å². The normalized spacial score (nSPS) is 23.3. The van der Waals surface area contributed by atoms with Gasteiger partial charge in [-0.2, -0.15) is 0 Å². The number of aliphatic carboxylic acids is 1. The summed E-state index contributed by atoms with van der Waals surface area (Å²) in [5.74, 6) is -0.219. The van der Waals surface area contributed by atoms with Gasteiger partial charge in [-0.3, -0.25) is 0 Å². The Labute approximate surface area is 209 Å². The third-order valence-corrected chi connectivity index (χ3v) is 7.96. The molecule has 1 spiro atoms. The van der Waals surface area contributed by atoms with E-state index in [1.54, 1.807) is 19.2 Å². The number of hydrogen-bond acceptors (Lipinski definition) is 3. The number of hydrogen-bond donors (Lipinski definition) is 2. The third-order valence-electron chi connectivity index (χ3n) is 7.34. The molecule has 0 unspecified atom stereocenters. The average Bonchev–Trinajstić information content (AvgIpc) is 3.14. The zero-order valence-corrected chi connectivity index (χ0v) is 20.3. The predicted molar refractivity (Wildman–Crippen MR) is 138 cm³/mol. The van der Waals surface area contributed by atoms with E-state index in [1.807, 2.05) is 42.5 Å². The lowest BCUT2D eigenvalue weighted by molar-refractivity contribution is -0.143. The van der Waals surface area contributed by atoms with Crippen LogP contribution in [0.2, 0.25) is 10.0 Å². The van der Waals surface area contributed by atoms with Crippen molar-refractivity contribution in [2.75, 3.05) is 12.4 Å². The van der Waals surface area contributed by atoms with Crippen LogP contribution in [0.5, 0.6) is 5.75 Å². The van der Waals surface area contributed by atoms with Gasteiger partial charge in [-0.1, -0.05) is 65.7 Å². The first-order valence-corrected chi connectivity index (χ1v) is 12.1. The Morgan fingerprint density at radius 2 is 1.71 bits per heavy atom. The molecular weight excluding hydrogens is 469 g/mol. The molecule has 2 aliphatic carbocycles. The van der Waals surface area contributed by atoms with Gasteiger partial charge in [0.15, 0.2) is 0 Å². The molecule has 5 rings (SSSR count). The predicted octanol–water partition coefficient (Wildman–Crippen LogP) is 7.30. The number of ether oxygens (including phenoxy) is 1. The smallest absolute Gasteiger partial charge is 0.329 e. The Morgan fingerprint density at radius 1 is 0.971 bits per heavy atom. The second kappa shape index (κ2) is 8.68. The number of carboxylic acids is 1. The second-order valence-electron chi connectivity index (χ2n) is 9.07. The number of carbonyl (C=O) groups is 1. The summed E-state index contributed by atoms with van der Waals surface area (Å²) in [6.45, 7) is 0. The van der Waals surface area contributed by atoms with Gasteiger partial charge >= 0.3 is 5.97 Å². The van der Waals surface area contributed by atoms with Gasteiger partial charge in [-0.15, -0.1) is 0 Å². The van der Waals surface area contributed by atoms with Crippen LogP contribution in [0.3, 0.4) is 0 Å². The van der Waals surface area contributed by atoms with E-state index in [1.165, 1.54) is 5.56 Å². The highest BCUT2D eigenvalue weighted by Crippen LogP contribution is 2.58. The van der Waals surface area contributed by atoms with Crippen molar-refractivity contribution in [1.29, 1.82) is 0 Å². The van der Waals surface area contributed by atoms with E-state index in [0.29, 0.717) is 47.2 Å². The van der Waals surface area contributed by atoms with Gasteiger partial charge in [-0.25, -0.2) is 4.79 Å². The minimum atomic E-state index is -1.07. The van der Waals surface area contributed by atoms with E-state index in [-0.39, 0.29) is 5.41 Å². The molecule has 4 nitrogen and oxygen atoms in total. The van der Waals surface area contributed by atoms with Gasteiger partial charge in [-0.05, 0) is 72.7 Å². The first-order chi connectivity index (χ1) is 16.4. The van der Waals surface area contributed by atoms with E-state index < -0.39 is 11.5 Å². The first kappa shape index (κ1) is 22.8. The van der Waals surface area contributed by atoms with Crippen LogP contribution in [0.4, 0.5) is 5.69 Å². The van der Waals surface area contributed by atoms with Crippen LogP contribution in [0.25, 0.3) is 11.6 Å². The lowest BCUT2D eigenvalue weighted by Gasteiger charge is -2.45. The van der Waals surface area contributed by atoms with Gasteiger partial charge in [0, 0.05) is 21.7 Å².